The molecule has 0 aromatic carbocycles. The van der Waals surface area contributed by atoms with Gasteiger partial charge in [-0.15, -0.1) is 0 Å². The Morgan fingerprint density at radius 2 is 1.95 bits per heavy atom. The molecule has 0 aromatic rings. The lowest BCUT2D eigenvalue weighted by atomic mass is 9.74. The average molecular weight is 283 g/mol. The van der Waals surface area contributed by atoms with E-state index in [1.165, 1.54) is 0 Å². The number of hydrogen-bond acceptors (Lipinski definition) is 2. The van der Waals surface area contributed by atoms with Gasteiger partial charge in [0.1, 0.15) is 0 Å². The first-order chi connectivity index (χ1) is 9.14. The second-order valence-electron chi connectivity index (χ2n) is 7.52. The van der Waals surface area contributed by atoms with Gasteiger partial charge in [-0.05, 0) is 38.0 Å². The van der Waals surface area contributed by atoms with Crippen molar-refractivity contribution in [1.29, 1.82) is 0 Å². The third kappa shape index (κ3) is 5.14. The molecule has 2 atom stereocenters. The fourth-order valence-electron chi connectivity index (χ4n) is 3.04. The van der Waals surface area contributed by atoms with Gasteiger partial charge in [0, 0.05) is 6.42 Å². The first kappa shape index (κ1) is 17.0. The summed E-state index contributed by atoms with van der Waals surface area (Å²) in [5, 5.41) is 12.3. The quantitative estimate of drug-likeness (QED) is 0.813. The van der Waals surface area contributed by atoms with Crippen LogP contribution in [0.3, 0.4) is 0 Å². The number of rotatable bonds is 5. The molecule has 0 aromatic heterocycles. The summed E-state index contributed by atoms with van der Waals surface area (Å²) in [5.41, 5.74) is -0.346. The van der Waals surface area contributed by atoms with Crippen LogP contribution in [0.15, 0.2) is 0 Å². The maximum atomic E-state index is 12.1. The summed E-state index contributed by atoms with van der Waals surface area (Å²) < 4.78 is 0. The highest BCUT2D eigenvalue weighted by Gasteiger charge is 2.41. The van der Waals surface area contributed by atoms with Gasteiger partial charge in [-0.3, -0.25) is 9.59 Å². The van der Waals surface area contributed by atoms with Crippen molar-refractivity contribution in [3.05, 3.63) is 0 Å². The van der Waals surface area contributed by atoms with E-state index < -0.39 is 17.4 Å². The minimum Gasteiger partial charge on any atom is -0.481 e. The van der Waals surface area contributed by atoms with E-state index in [1.54, 1.807) is 0 Å². The lowest BCUT2D eigenvalue weighted by Crippen LogP contribution is -2.55. The van der Waals surface area contributed by atoms with Gasteiger partial charge in [-0.1, -0.05) is 33.6 Å². The Hall–Kier alpha value is -1.06. The summed E-state index contributed by atoms with van der Waals surface area (Å²) in [5.74, 6) is -1.25. The number of nitrogens with one attached hydrogen (secondary N) is 1. The van der Waals surface area contributed by atoms with Crippen molar-refractivity contribution in [3.63, 3.8) is 0 Å². The molecule has 0 aliphatic heterocycles. The molecule has 2 N–H and O–H groups in total. The van der Waals surface area contributed by atoms with Crippen LogP contribution >= 0.6 is 0 Å². The Balaban J connectivity index is 2.51. The fourth-order valence-corrected chi connectivity index (χ4v) is 3.04. The predicted molar refractivity (Wildman–Crippen MR) is 79.4 cm³/mol. The Bertz CT molecular complexity index is 359. The molecule has 116 valence electrons. The number of carbonyl (C=O) groups is 2. The minimum absolute atomic E-state index is 0.00935. The van der Waals surface area contributed by atoms with Crippen molar-refractivity contribution >= 4 is 11.9 Å². The van der Waals surface area contributed by atoms with Crippen LogP contribution in [-0.2, 0) is 9.59 Å². The zero-order valence-corrected chi connectivity index (χ0v) is 13.3. The monoisotopic (exact) mass is 283 g/mol. The van der Waals surface area contributed by atoms with E-state index in [0.29, 0.717) is 12.8 Å². The van der Waals surface area contributed by atoms with Crippen molar-refractivity contribution in [1.82, 2.24) is 5.32 Å². The van der Waals surface area contributed by atoms with Gasteiger partial charge in [0.25, 0.3) is 0 Å². The Morgan fingerprint density at radius 3 is 2.50 bits per heavy atom. The summed E-state index contributed by atoms with van der Waals surface area (Å²) in [6.07, 6.45) is 5.68. The van der Waals surface area contributed by atoms with E-state index in [0.717, 1.165) is 32.1 Å². The zero-order chi connectivity index (χ0) is 15.4. The van der Waals surface area contributed by atoms with Crippen LogP contribution in [0.1, 0.15) is 72.6 Å². The Kier molecular flexibility index (Phi) is 5.60. The maximum absolute atomic E-state index is 12.1. The van der Waals surface area contributed by atoms with E-state index in [1.807, 2.05) is 6.92 Å². The van der Waals surface area contributed by atoms with Crippen molar-refractivity contribution in [2.75, 3.05) is 0 Å². The van der Waals surface area contributed by atoms with Crippen molar-refractivity contribution in [2.24, 2.45) is 11.3 Å². The molecular formula is C16H29NO3. The number of amides is 1. The molecule has 0 saturated heterocycles. The van der Waals surface area contributed by atoms with Gasteiger partial charge >= 0.3 is 5.97 Å². The molecule has 0 heterocycles. The van der Waals surface area contributed by atoms with Gasteiger partial charge < -0.3 is 10.4 Å². The third-order valence-corrected chi connectivity index (χ3v) is 4.26. The zero-order valence-electron chi connectivity index (χ0n) is 13.3. The molecular weight excluding hydrogens is 254 g/mol. The van der Waals surface area contributed by atoms with E-state index in [9.17, 15) is 14.7 Å². The van der Waals surface area contributed by atoms with Crippen LogP contribution in [0.2, 0.25) is 0 Å². The normalized spacial score (nSPS) is 27.1. The second-order valence-corrected chi connectivity index (χ2v) is 7.52. The fraction of sp³-hybridized carbons (Fsp3) is 0.875. The highest BCUT2D eigenvalue weighted by Crippen LogP contribution is 2.34. The Morgan fingerprint density at radius 1 is 1.30 bits per heavy atom. The largest absolute Gasteiger partial charge is 0.481 e. The highest BCUT2D eigenvalue weighted by molar-refractivity contribution is 5.79. The molecule has 4 heteroatoms. The van der Waals surface area contributed by atoms with E-state index in [2.05, 4.69) is 26.1 Å². The van der Waals surface area contributed by atoms with Gasteiger partial charge in [0.2, 0.25) is 5.91 Å². The van der Waals surface area contributed by atoms with E-state index in [4.69, 9.17) is 0 Å². The number of carbonyl (C=O) groups excluding carboxylic acids is 1. The molecule has 1 fully saturated rings. The third-order valence-electron chi connectivity index (χ3n) is 4.26. The molecule has 1 rings (SSSR count). The SMILES string of the molecule is CC(C)(C)CCCC(=O)NC1(C)CCCCC1C(=O)O. The Labute approximate surface area is 122 Å². The van der Waals surface area contributed by atoms with Gasteiger partial charge in [-0.2, -0.15) is 0 Å². The molecule has 1 aliphatic carbocycles. The topological polar surface area (TPSA) is 66.4 Å². The standard InChI is InChI=1S/C16H29NO3/c1-15(2,3)10-7-9-13(18)17-16(4)11-6-5-8-12(16)14(19)20/h12H,5-11H2,1-4H3,(H,17,18)(H,19,20). The molecule has 20 heavy (non-hydrogen) atoms. The lowest BCUT2D eigenvalue weighted by molar-refractivity contribution is -0.146. The lowest BCUT2D eigenvalue weighted by Gasteiger charge is -2.39. The molecule has 1 saturated carbocycles. The van der Waals surface area contributed by atoms with Crippen molar-refractivity contribution in [2.45, 2.75) is 78.2 Å². The van der Waals surface area contributed by atoms with Crippen LogP contribution in [0.5, 0.6) is 0 Å². The molecule has 4 nitrogen and oxygen atoms in total. The van der Waals surface area contributed by atoms with Gasteiger partial charge in [0.15, 0.2) is 0 Å². The van der Waals surface area contributed by atoms with Crippen molar-refractivity contribution in [3.8, 4) is 0 Å². The van der Waals surface area contributed by atoms with Crippen LogP contribution in [0.25, 0.3) is 0 Å². The average Bonchev–Trinajstić information content (AvgIpc) is 2.26. The first-order valence-electron chi connectivity index (χ1n) is 7.68. The number of hydrogen-bond donors (Lipinski definition) is 2. The van der Waals surface area contributed by atoms with E-state index >= 15 is 0 Å². The van der Waals surface area contributed by atoms with Gasteiger partial charge in [0.05, 0.1) is 11.5 Å². The predicted octanol–water partition coefficient (Wildman–Crippen LogP) is 3.35. The molecule has 0 spiro atoms. The summed E-state index contributed by atoms with van der Waals surface area (Å²) in [7, 11) is 0. The summed E-state index contributed by atoms with van der Waals surface area (Å²) in [4.78, 5) is 23.4. The minimum atomic E-state index is -0.790. The molecule has 2 unspecified atom stereocenters. The summed E-state index contributed by atoms with van der Waals surface area (Å²) in [6, 6.07) is 0. The van der Waals surface area contributed by atoms with E-state index in [-0.39, 0.29) is 11.3 Å². The molecule has 0 bridgehead atoms. The van der Waals surface area contributed by atoms with Crippen LogP contribution in [-0.4, -0.2) is 22.5 Å². The van der Waals surface area contributed by atoms with Crippen molar-refractivity contribution < 1.29 is 14.7 Å². The highest BCUT2D eigenvalue weighted by atomic mass is 16.4. The maximum Gasteiger partial charge on any atom is 0.308 e. The van der Waals surface area contributed by atoms with Crippen LogP contribution in [0.4, 0.5) is 0 Å². The molecule has 1 amide bonds. The molecule has 0 radical (unpaired) electrons. The smallest absolute Gasteiger partial charge is 0.308 e. The second kappa shape index (κ2) is 6.59. The van der Waals surface area contributed by atoms with Crippen LogP contribution in [0, 0.1) is 11.3 Å². The summed E-state index contributed by atoms with van der Waals surface area (Å²) in [6.45, 7) is 8.36. The number of carboxylic acid groups (broad SMARTS) is 1. The molecule has 1 aliphatic rings. The van der Waals surface area contributed by atoms with Gasteiger partial charge in [-0.25, -0.2) is 0 Å². The first-order valence-corrected chi connectivity index (χ1v) is 7.68. The van der Waals surface area contributed by atoms with Crippen LogP contribution < -0.4 is 5.32 Å². The number of carboxylic acids is 1. The summed E-state index contributed by atoms with van der Waals surface area (Å²) >= 11 is 0. The number of aliphatic carboxylic acids is 1.